The highest BCUT2D eigenvalue weighted by Gasteiger charge is 2.41. The molecule has 1 saturated carbocycles. The van der Waals surface area contributed by atoms with Crippen LogP contribution in [0.25, 0.3) is 0 Å². The second-order valence-corrected chi connectivity index (χ2v) is 9.25. The molecule has 0 aliphatic heterocycles. The van der Waals surface area contributed by atoms with Crippen molar-refractivity contribution in [1.82, 2.24) is 0 Å². The quantitative estimate of drug-likeness (QED) is 0.465. The summed E-state index contributed by atoms with van der Waals surface area (Å²) in [6.45, 7) is 20.1. The van der Waals surface area contributed by atoms with Gasteiger partial charge in [0.05, 0.1) is 5.60 Å². The van der Waals surface area contributed by atoms with Crippen molar-refractivity contribution in [3.8, 4) is 0 Å². The highest BCUT2D eigenvalue weighted by molar-refractivity contribution is 5.67. The molecule has 0 aromatic carbocycles. The number of rotatable bonds is 8. The fourth-order valence-electron chi connectivity index (χ4n) is 4.32. The summed E-state index contributed by atoms with van der Waals surface area (Å²) in [7, 11) is 0. The van der Waals surface area contributed by atoms with Crippen LogP contribution in [0.3, 0.4) is 0 Å². The average molecular weight is 407 g/mol. The van der Waals surface area contributed by atoms with Crippen LogP contribution in [0, 0.1) is 17.3 Å². The number of carbonyl (C=O) groups excluding carboxylic acids is 2. The van der Waals surface area contributed by atoms with Gasteiger partial charge in [-0.05, 0) is 70.3 Å². The molecule has 164 valence electrons. The lowest BCUT2D eigenvalue weighted by Crippen LogP contribution is -2.48. The molecule has 1 rings (SSSR count). The minimum atomic E-state index is -1.38. The summed E-state index contributed by atoms with van der Waals surface area (Å²) >= 11 is 0. The maximum absolute atomic E-state index is 11.7. The SMILES string of the molecule is C=C[C@@]1(C)CC[C@H](/C(C)=C/[C@H](OC(C)=O)[C@H](OC(C)=O)C(C)(C)O)C[C@@H]1C(=C)C. The predicted octanol–water partition coefficient (Wildman–Crippen LogP) is 4.75. The van der Waals surface area contributed by atoms with Crippen molar-refractivity contribution in [2.45, 2.75) is 85.5 Å². The Labute approximate surface area is 175 Å². The van der Waals surface area contributed by atoms with Crippen LogP contribution in [0.15, 0.2) is 36.5 Å². The third-order valence-corrected chi connectivity index (χ3v) is 6.07. The molecule has 0 radical (unpaired) electrons. The normalized spacial score (nSPS) is 27.5. The molecule has 0 saturated heterocycles. The number of ether oxygens (including phenoxy) is 2. The van der Waals surface area contributed by atoms with E-state index in [9.17, 15) is 14.7 Å². The molecule has 0 spiro atoms. The first-order chi connectivity index (χ1) is 13.2. The van der Waals surface area contributed by atoms with Crippen molar-refractivity contribution in [2.24, 2.45) is 17.3 Å². The molecule has 5 heteroatoms. The molecule has 0 aromatic heterocycles. The fraction of sp³-hybridized carbons (Fsp3) is 0.667. The Hall–Kier alpha value is -1.88. The molecular formula is C24H38O5. The van der Waals surface area contributed by atoms with E-state index >= 15 is 0 Å². The topological polar surface area (TPSA) is 72.8 Å². The molecule has 5 nitrogen and oxygen atoms in total. The van der Waals surface area contributed by atoms with E-state index in [4.69, 9.17) is 9.47 Å². The van der Waals surface area contributed by atoms with Crippen molar-refractivity contribution < 1.29 is 24.2 Å². The minimum absolute atomic E-state index is 0.0191. The zero-order chi connectivity index (χ0) is 22.6. The Bertz CT molecular complexity index is 669. The lowest BCUT2D eigenvalue weighted by molar-refractivity contribution is -0.179. The van der Waals surface area contributed by atoms with Crippen LogP contribution in [-0.2, 0) is 19.1 Å². The largest absolute Gasteiger partial charge is 0.455 e. The van der Waals surface area contributed by atoms with E-state index in [1.807, 2.05) is 19.1 Å². The third kappa shape index (κ3) is 6.84. The number of esters is 2. The zero-order valence-corrected chi connectivity index (χ0v) is 19.1. The second-order valence-electron chi connectivity index (χ2n) is 9.25. The molecule has 1 aliphatic rings. The van der Waals surface area contributed by atoms with Crippen LogP contribution in [0.1, 0.15) is 67.7 Å². The first-order valence-corrected chi connectivity index (χ1v) is 10.3. The van der Waals surface area contributed by atoms with Crippen molar-refractivity contribution in [3.63, 3.8) is 0 Å². The van der Waals surface area contributed by atoms with Crippen molar-refractivity contribution in [1.29, 1.82) is 0 Å². The smallest absolute Gasteiger partial charge is 0.303 e. The van der Waals surface area contributed by atoms with Gasteiger partial charge in [-0.3, -0.25) is 9.59 Å². The maximum Gasteiger partial charge on any atom is 0.303 e. The molecule has 0 heterocycles. The van der Waals surface area contributed by atoms with E-state index in [2.05, 4.69) is 27.0 Å². The van der Waals surface area contributed by atoms with Crippen LogP contribution >= 0.6 is 0 Å². The van der Waals surface area contributed by atoms with E-state index < -0.39 is 29.7 Å². The molecule has 0 unspecified atom stereocenters. The molecule has 29 heavy (non-hydrogen) atoms. The van der Waals surface area contributed by atoms with Gasteiger partial charge in [-0.25, -0.2) is 0 Å². The number of aliphatic hydroxyl groups is 1. The van der Waals surface area contributed by atoms with Gasteiger partial charge in [-0.2, -0.15) is 0 Å². The number of allylic oxidation sites excluding steroid dienone is 3. The van der Waals surface area contributed by atoms with Gasteiger partial charge in [0, 0.05) is 13.8 Å². The van der Waals surface area contributed by atoms with Crippen LogP contribution in [0.5, 0.6) is 0 Å². The summed E-state index contributed by atoms with van der Waals surface area (Å²) in [6.07, 6.45) is 4.87. The van der Waals surface area contributed by atoms with E-state index in [-0.39, 0.29) is 11.3 Å². The highest BCUT2D eigenvalue weighted by atomic mass is 16.6. The Morgan fingerprint density at radius 1 is 1.17 bits per heavy atom. The van der Waals surface area contributed by atoms with Crippen molar-refractivity contribution in [3.05, 3.63) is 36.5 Å². The number of hydrogen-bond acceptors (Lipinski definition) is 5. The van der Waals surface area contributed by atoms with Crippen molar-refractivity contribution in [2.75, 3.05) is 0 Å². The van der Waals surface area contributed by atoms with Crippen LogP contribution in [-0.4, -0.2) is 34.9 Å². The van der Waals surface area contributed by atoms with Crippen LogP contribution in [0.4, 0.5) is 0 Å². The minimum Gasteiger partial charge on any atom is -0.455 e. The fourth-order valence-corrected chi connectivity index (χ4v) is 4.32. The van der Waals surface area contributed by atoms with Gasteiger partial charge < -0.3 is 14.6 Å². The molecule has 1 aliphatic carbocycles. The molecular weight excluding hydrogens is 368 g/mol. The van der Waals surface area contributed by atoms with Gasteiger partial charge >= 0.3 is 11.9 Å². The third-order valence-electron chi connectivity index (χ3n) is 6.07. The summed E-state index contributed by atoms with van der Waals surface area (Å²) in [5, 5.41) is 10.5. The Morgan fingerprint density at radius 3 is 2.14 bits per heavy atom. The van der Waals surface area contributed by atoms with E-state index in [1.165, 1.54) is 27.7 Å². The second kappa shape index (κ2) is 9.75. The average Bonchev–Trinajstić information content (AvgIpc) is 2.57. The Kier molecular flexibility index (Phi) is 8.46. The van der Waals surface area contributed by atoms with Gasteiger partial charge in [0.25, 0.3) is 0 Å². The van der Waals surface area contributed by atoms with Gasteiger partial charge in [0.1, 0.15) is 0 Å². The van der Waals surface area contributed by atoms with Gasteiger partial charge in [0.2, 0.25) is 0 Å². The standard InChI is InChI=1S/C24H38O5/c1-10-24(9)12-11-19(14-20(24)15(2)3)16(4)13-21(28-17(5)25)22(23(7,8)27)29-18(6)26/h10,13,19-22,27H,1-2,11-12,14H2,3-9H3/b16-13+/t19-,20+,21-,22-,24-/m0/s1. The molecule has 0 aromatic rings. The summed E-state index contributed by atoms with van der Waals surface area (Å²) in [4.78, 5) is 23.3. The predicted molar refractivity (Wildman–Crippen MR) is 115 cm³/mol. The maximum atomic E-state index is 11.7. The van der Waals surface area contributed by atoms with Gasteiger partial charge in [-0.15, -0.1) is 6.58 Å². The molecule has 0 amide bonds. The summed E-state index contributed by atoms with van der Waals surface area (Å²) in [5.74, 6) is -0.444. The Balaban J connectivity index is 3.21. The van der Waals surface area contributed by atoms with E-state index in [0.29, 0.717) is 5.92 Å². The summed E-state index contributed by atoms with van der Waals surface area (Å²) < 4.78 is 10.8. The number of hydrogen-bond donors (Lipinski definition) is 1. The van der Waals surface area contributed by atoms with E-state index in [1.54, 1.807) is 0 Å². The first kappa shape index (κ1) is 25.2. The lowest BCUT2D eigenvalue weighted by atomic mass is 9.61. The molecule has 5 atom stereocenters. The highest BCUT2D eigenvalue weighted by Crippen LogP contribution is 2.49. The Morgan fingerprint density at radius 2 is 1.72 bits per heavy atom. The number of carbonyl (C=O) groups is 2. The van der Waals surface area contributed by atoms with Gasteiger partial charge in [0.15, 0.2) is 12.2 Å². The summed E-state index contributed by atoms with van der Waals surface area (Å²) in [5.41, 5.74) is 0.827. The zero-order valence-electron chi connectivity index (χ0n) is 19.1. The monoisotopic (exact) mass is 406 g/mol. The summed E-state index contributed by atoms with van der Waals surface area (Å²) in [6, 6.07) is 0. The van der Waals surface area contributed by atoms with E-state index in [0.717, 1.165) is 30.4 Å². The van der Waals surface area contributed by atoms with Crippen LogP contribution in [0.2, 0.25) is 0 Å². The molecule has 1 fully saturated rings. The lowest BCUT2D eigenvalue weighted by Gasteiger charge is -2.44. The molecule has 0 bridgehead atoms. The van der Waals surface area contributed by atoms with Crippen molar-refractivity contribution >= 4 is 11.9 Å². The van der Waals surface area contributed by atoms with Gasteiger partial charge in [-0.1, -0.05) is 30.7 Å². The van der Waals surface area contributed by atoms with Crippen LogP contribution < -0.4 is 0 Å². The first-order valence-electron chi connectivity index (χ1n) is 10.3. The molecule has 1 N–H and O–H groups in total.